The van der Waals surface area contributed by atoms with Gasteiger partial charge in [-0.15, -0.1) is 11.8 Å². The van der Waals surface area contributed by atoms with Crippen LogP contribution >= 0.6 is 11.8 Å². The van der Waals surface area contributed by atoms with Crippen LogP contribution in [0.2, 0.25) is 0 Å². The second kappa shape index (κ2) is 10.6. The number of para-hydroxylation sites is 1. The van der Waals surface area contributed by atoms with Crippen LogP contribution in [0.3, 0.4) is 0 Å². The summed E-state index contributed by atoms with van der Waals surface area (Å²) in [5.74, 6) is 0.904. The van der Waals surface area contributed by atoms with Crippen LogP contribution in [-0.2, 0) is 10.5 Å². The second-order valence-corrected chi connectivity index (χ2v) is 11.4. The number of benzene rings is 3. The number of carbonyl (C=O) groups excluding carboxylic acids is 1. The van der Waals surface area contributed by atoms with Gasteiger partial charge in [0.25, 0.3) is 0 Å². The Morgan fingerprint density at radius 3 is 2.45 bits per heavy atom. The highest BCUT2D eigenvalue weighted by atomic mass is 32.2. The fourth-order valence-corrected chi connectivity index (χ4v) is 6.65. The molecule has 0 radical (unpaired) electrons. The Kier molecular flexibility index (Phi) is 7.19. The molecule has 0 saturated heterocycles. The normalized spacial score (nSPS) is 17.5. The van der Waals surface area contributed by atoms with Gasteiger partial charge in [0.15, 0.2) is 5.78 Å². The lowest BCUT2D eigenvalue weighted by Gasteiger charge is -2.40. The van der Waals surface area contributed by atoms with Crippen LogP contribution < -0.4 is 10.6 Å². The number of aryl methyl sites for hydroxylation is 3. The maximum Gasteiger partial charge on any atom is 0.161 e. The Morgan fingerprint density at radius 1 is 1.00 bits per heavy atom. The van der Waals surface area contributed by atoms with E-state index in [2.05, 4.69) is 63.2 Å². The molecule has 3 aromatic rings. The number of allylic oxidation sites excluding steroid dienone is 3. The number of Topliss-reactive ketones (excluding diaryl/α,β-unsaturated/α-hetero) is 1. The zero-order valence-corrected chi connectivity index (χ0v) is 23.3. The number of anilines is 1. The Bertz CT molecular complexity index is 1520. The summed E-state index contributed by atoms with van der Waals surface area (Å²) in [5.41, 5.74) is 16.6. The van der Waals surface area contributed by atoms with Crippen molar-refractivity contribution < 1.29 is 4.79 Å². The molecule has 0 saturated carbocycles. The molecule has 1 aliphatic heterocycles. The third-order valence-electron chi connectivity index (χ3n) is 7.70. The fraction of sp³-hybridized carbons (Fsp3) is 0.273. The van der Waals surface area contributed by atoms with Gasteiger partial charge in [-0.3, -0.25) is 9.69 Å². The molecule has 4 nitrogen and oxygen atoms in total. The topological polar surface area (TPSA) is 70.1 Å². The summed E-state index contributed by atoms with van der Waals surface area (Å²) in [5, 5.41) is 10.5. The molecule has 1 heterocycles. The second-order valence-electron chi connectivity index (χ2n) is 10.3. The van der Waals surface area contributed by atoms with Gasteiger partial charge in [0.1, 0.15) is 5.82 Å². The number of nitrogens with two attached hydrogens (primary N) is 1. The molecule has 192 valence electrons. The molecule has 5 rings (SSSR count). The van der Waals surface area contributed by atoms with Crippen LogP contribution in [0.5, 0.6) is 0 Å². The molecule has 2 N–H and O–H groups in total. The number of thioether (sulfide) groups is 1. The van der Waals surface area contributed by atoms with Crippen molar-refractivity contribution >= 4 is 23.2 Å². The molecule has 0 aromatic heterocycles. The van der Waals surface area contributed by atoms with E-state index < -0.39 is 5.92 Å². The molecule has 0 spiro atoms. The smallest absolute Gasteiger partial charge is 0.161 e. The van der Waals surface area contributed by atoms with Crippen LogP contribution in [0.4, 0.5) is 5.69 Å². The Balaban J connectivity index is 1.64. The maximum absolute atomic E-state index is 13.6. The summed E-state index contributed by atoms with van der Waals surface area (Å²) in [6.45, 7) is 8.33. The molecule has 5 heteroatoms. The third-order valence-corrected chi connectivity index (χ3v) is 8.76. The minimum Gasteiger partial charge on any atom is -0.384 e. The van der Waals surface area contributed by atoms with E-state index in [0.29, 0.717) is 17.8 Å². The first-order valence-corrected chi connectivity index (χ1v) is 14.1. The monoisotopic (exact) mass is 519 g/mol. The summed E-state index contributed by atoms with van der Waals surface area (Å²) in [6.07, 6.45) is 2.04. The van der Waals surface area contributed by atoms with Crippen LogP contribution in [-0.4, -0.2) is 5.78 Å². The minimum atomic E-state index is -0.453. The molecule has 0 bridgehead atoms. The number of nitriles is 1. The molecule has 0 fully saturated rings. The third kappa shape index (κ3) is 4.66. The maximum atomic E-state index is 13.6. The van der Waals surface area contributed by atoms with Crippen molar-refractivity contribution in [3.8, 4) is 6.07 Å². The van der Waals surface area contributed by atoms with Crippen molar-refractivity contribution in [1.29, 1.82) is 5.26 Å². The van der Waals surface area contributed by atoms with Gasteiger partial charge in [0.2, 0.25) is 0 Å². The number of hydrogen-bond donors (Lipinski definition) is 1. The van der Waals surface area contributed by atoms with Gasteiger partial charge < -0.3 is 5.73 Å². The predicted octanol–water partition coefficient (Wildman–Crippen LogP) is 7.52. The van der Waals surface area contributed by atoms with E-state index >= 15 is 0 Å². The molecule has 1 atom stereocenters. The lowest BCUT2D eigenvalue weighted by Crippen LogP contribution is -2.39. The summed E-state index contributed by atoms with van der Waals surface area (Å²) >= 11 is 1.80. The van der Waals surface area contributed by atoms with Gasteiger partial charge in [0, 0.05) is 28.3 Å². The lowest BCUT2D eigenvalue weighted by molar-refractivity contribution is -0.116. The van der Waals surface area contributed by atoms with E-state index in [1.165, 1.54) is 16.0 Å². The summed E-state index contributed by atoms with van der Waals surface area (Å²) in [7, 11) is 0. The zero-order valence-electron chi connectivity index (χ0n) is 22.5. The predicted molar refractivity (Wildman–Crippen MR) is 156 cm³/mol. The SMILES string of the molecule is Cc1ccc(SCc2cc(C)cc(C3C(C#N)=C(N)N(c4ccccc4C)C4=C3C(=O)CCC4)c2C)cc1. The van der Waals surface area contributed by atoms with Gasteiger partial charge in [-0.2, -0.15) is 5.26 Å². The van der Waals surface area contributed by atoms with E-state index in [-0.39, 0.29) is 5.78 Å². The van der Waals surface area contributed by atoms with E-state index in [1.54, 1.807) is 11.8 Å². The highest BCUT2D eigenvalue weighted by Crippen LogP contribution is 2.48. The first-order valence-electron chi connectivity index (χ1n) is 13.1. The Morgan fingerprint density at radius 2 is 1.74 bits per heavy atom. The quantitative estimate of drug-likeness (QED) is 0.353. The van der Waals surface area contributed by atoms with Crippen LogP contribution in [0.1, 0.15) is 58.6 Å². The molecular formula is C33H33N3OS. The number of hydrogen-bond acceptors (Lipinski definition) is 5. The first-order chi connectivity index (χ1) is 18.3. The fourth-order valence-electron chi connectivity index (χ4n) is 5.70. The summed E-state index contributed by atoms with van der Waals surface area (Å²) < 4.78 is 0. The molecule has 0 amide bonds. The Labute approximate surface area is 229 Å². The molecule has 3 aromatic carbocycles. The van der Waals surface area contributed by atoms with Crippen molar-refractivity contribution in [3.63, 3.8) is 0 Å². The standard InChI is InChI=1S/C33H33N3OS/c1-20-12-14-25(15-13-20)38-19-24-16-21(2)17-26(23(24)4)31-27(18-34)33(35)36(28-9-6-5-8-22(28)3)29-10-7-11-30(37)32(29)31/h5-6,8-9,12-17,31H,7,10-11,19,35H2,1-4H3. The van der Waals surface area contributed by atoms with Gasteiger partial charge in [-0.05, 0) is 81.0 Å². The van der Waals surface area contributed by atoms with Gasteiger partial charge in [-0.1, -0.05) is 53.6 Å². The van der Waals surface area contributed by atoms with Gasteiger partial charge in [0.05, 0.1) is 23.2 Å². The number of rotatable bonds is 5. The molecule has 1 unspecified atom stereocenters. The number of carbonyl (C=O) groups is 1. The molecule has 38 heavy (non-hydrogen) atoms. The average molecular weight is 520 g/mol. The van der Waals surface area contributed by atoms with E-state index in [9.17, 15) is 10.1 Å². The van der Waals surface area contributed by atoms with Crippen molar-refractivity contribution in [2.75, 3.05) is 4.90 Å². The number of ketones is 1. The van der Waals surface area contributed by atoms with Crippen molar-refractivity contribution in [2.24, 2.45) is 5.73 Å². The highest BCUT2D eigenvalue weighted by molar-refractivity contribution is 7.98. The largest absolute Gasteiger partial charge is 0.384 e. The van der Waals surface area contributed by atoms with E-state index in [4.69, 9.17) is 5.73 Å². The van der Waals surface area contributed by atoms with Crippen LogP contribution in [0, 0.1) is 39.0 Å². The van der Waals surface area contributed by atoms with E-state index in [1.807, 2.05) is 36.1 Å². The molecule has 2 aliphatic rings. The van der Waals surface area contributed by atoms with Crippen LogP contribution in [0.15, 0.2) is 88.2 Å². The average Bonchev–Trinajstić information content (AvgIpc) is 2.90. The molecule has 1 aliphatic carbocycles. The molecular weight excluding hydrogens is 486 g/mol. The van der Waals surface area contributed by atoms with Gasteiger partial charge >= 0.3 is 0 Å². The highest BCUT2D eigenvalue weighted by Gasteiger charge is 2.41. The van der Waals surface area contributed by atoms with Crippen molar-refractivity contribution in [1.82, 2.24) is 0 Å². The van der Waals surface area contributed by atoms with Gasteiger partial charge in [-0.25, -0.2) is 0 Å². The first kappa shape index (κ1) is 25.9. The summed E-state index contributed by atoms with van der Waals surface area (Å²) in [4.78, 5) is 16.8. The Hall–Kier alpha value is -3.75. The lowest BCUT2D eigenvalue weighted by atomic mass is 9.73. The number of nitrogens with zero attached hydrogens (tertiary/aromatic N) is 2. The zero-order chi connectivity index (χ0) is 27.0. The summed E-state index contributed by atoms with van der Waals surface area (Å²) in [6, 6.07) is 23.4. The minimum absolute atomic E-state index is 0.117. The van der Waals surface area contributed by atoms with Crippen LogP contribution in [0.25, 0.3) is 0 Å². The van der Waals surface area contributed by atoms with E-state index in [0.717, 1.165) is 57.8 Å². The van der Waals surface area contributed by atoms with Crippen molar-refractivity contribution in [3.05, 3.63) is 117 Å². The van der Waals surface area contributed by atoms with Crippen molar-refractivity contribution in [2.45, 2.75) is 63.5 Å².